The Kier molecular flexibility index (Phi) is 4.93. The van der Waals surface area contributed by atoms with Crippen molar-refractivity contribution in [1.29, 1.82) is 0 Å². The third kappa shape index (κ3) is 4.33. The van der Waals surface area contributed by atoms with Crippen LogP contribution >= 0.6 is 15.9 Å². The van der Waals surface area contributed by atoms with Crippen LogP contribution in [0.2, 0.25) is 0 Å². The van der Waals surface area contributed by atoms with E-state index in [0.717, 1.165) is 35.4 Å². The van der Waals surface area contributed by atoms with Gasteiger partial charge in [0.2, 0.25) is 0 Å². The first-order valence-electron chi connectivity index (χ1n) is 6.27. The molecule has 0 aliphatic heterocycles. The minimum absolute atomic E-state index is 0.788. The van der Waals surface area contributed by atoms with Crippen LogP contribution in [0.1, 0.15) is 11.3 Å². The molecule has 0 spiro atoms. The van der Waals surface area contributed by atoms with E-state index in [0.29, 0.717) is 0 Å². The normalized spacial score (nSPS) is 10.9. The van der Waals surface area contributed by atoms with E-state index < -0.39 is 0 Å². The standard InChI is InChI=1S/C15H18BrN3/c1-19(9-7-13-4-2-3-8-18-13)11-12-5-6-14(16)15(17)10-12/h2-6,8,10H,7,9,11,17H2,1H3. The van der Waals surface area contributed by atoms with Gasteiger partial charge in [-0.25, -0.2) is 0 Å². The Labute approximate surface area is 122 Å². The number of pyridine rings is 1. The maximum atomic E-state index is 5.89. The van der Waals surface area contributed by atoms with Crippen molar-refractivity contribution in [3.8, 4) is 0 Å². The van der Waals surface area contributed by atoms with Crippen LogP contribution in [0.4, 0.5) is 5.69 Å². The zero-order valence-electron chi connectivity index (χ0n) is 11.0. The summed E-state index contributed by atoms with van der Waals surface area (Å²) in [6.45, 7) is 1.87. The largest absolute Gasteiger partial charge is 0.398 e. The lowest BCUT2D eigenvalue weighted by molar-refractivity contribution is 0.330. The third-order valence-corrected chi connectivity index (χ3v) is 3.71. The molecule has 1 heterocycles. The Balaban J connectivity index is 1.87. The van der Waals surface area contributed by atoms with Gasteiger partial charge in [0.1, 0.15) is 0 Å². The summed E-state index contributed by atoms with van der Waals surface area (Å²) in [6.07, 6.45) is 2.80. The van der Waals surface area contributed by atoms with Gasteiger partial charge < -0.3 is 10.6 Å². The van der Waals surface area contributed by atoms with Gasteiger partial charge in [-0.15, -0.1) is 0 Å². The number of aromatic nitrogens is 1. The number of hydrogen-bond donors (Lipinski definition) is 1. The van der Waals surface area contributed by atoms with E-state index in [1.165, 1.54) is 5.56 Å². The second kappa shape index (κ2) is 6.68. The Morgan fingerprint density at radius 2 is 2.11 bits per heavy atom. The first kappa shape index (κ1) is 14.0. The van der Waals surface area contributed by atoms with Crippen molar-refractivity contribution in [3.05, 3.63) is 58.3 Å². The van der Waals surface area contributed by atoms with Crippen molar-refractivity contribution in [3.63, 3.8) is 0 Å². The van der Waals surface area contributed by atoms with Gasteiger partial charge in [-0.05, 0) is 52.8 Å². The SMILES string of the molecule is CN(CCc1ccccn1)Cc1ccc(Br)c(N)c1. The van der Waals surface area contributed by atoms with Gasteiger partial charge >= 0.3 is 0 Å². The second-order valence-corrected chi connectivity index (χ2v) is 5.52. The quantitative estimate of drug-likeness (QED) is 0.861. The van der Waals surface area contributed by atoms with Crippen LogP contribution in [0.3, 0.4) is 0 Å². The molecule has 4 heteroatoms. The fraction of sp³-hybridized carbons (Fsp3) is 0.267. The molecule has 0 bridgehead atoms. The molecular formula is C15H18BrN3. The number of halogens is 1. The zero-order valence-corrected chi connectivity index (χ0v) is 12.6. The molecule has 100 valence electrons. The van der Waals surface area contributed by atoms with Crippen molar-refractivity contribution < 1.29 is 0 Å². The molecular weight excluding hydrogens is 302 g/mol. The first-order chi connectivity index (χ1) is 9.15. The van der Waals surface area contributed by atoms with Crippen molar-refractivity contribution in [2.45, 2.75) is 13.0 Å². The summed E-state index contributed by atoms with van der Waals surface area (Å²) in [7, 11) is 2.11. The number of nitrogen functional groups attached to an aromatic ring is 1. The van der Waals surface area contributed by atoms with Gasteiger partial charge in [-0.3, -0.25) is 4.98 Å². The predicted octanol–water partition coefficient (Wildman–Crippen LogP) is 3.10. The van der Waals surface area contributed by atoms with Crippen molar-refractivity contribution in [2.75, 3.05) is 19.3 Å². The molecule has 2 N–H and O–H groups in total. The molecule has 3 nitrogen and oxygen atoms in total. The molecule has 0 unspecified atom stereocenters. The Morgan fingerprint density at radius 1 is 1.26 bits per heavy atom. The van der Waals surface area contributed by atoms with Gasteiger partial charge in [-0.2, -0.15) is 0 Å². The molecule has 1 aromatic carbocycles. The van der Waals surface area contributed by atoms with Gasteiger partial charge in [0.25, 0.3) is 0 Å². The smallest absolute Gasteiger partial charge is 0.0461 e. The maximum Gasteiger partial charge on any atom is 0.0461 e. The average Bonchev–Trinajstić information content (AvgIpc) is 2.42. The average molecular weight is 320 g/mol. The molecule has 0 aliphatic carbocycles. The van der Waals surface area contributed by atoms with Gasteiger partial charge in [0.15, 0.2) is 0 Å². The van der Waals surface area contributed by atoms with Crippen LogP contribution in [-0.4, -0.2) is 23.5 Å². The molecule has 2 aromatic rings. The summed E-state index contributed by atoms with van der Waals surface area (Å²) in [5, 5.41) is 0. The highest BCUT2D eigenvalue weighted by molar-refractivity contribution is 9.10. The Morgan fingerprint density at radius 3 is 2.79 bits per heavy atom. The predicted molar refractivity (Wildman–Crippen MR) is 82.8 cm³/mol. The summed E-state index contributed by atoms with van der Waals surface area (Å²) in [6, 6.07) is 12.1. The fourth-order valence-corrected chi connectivity index (χ4v) is 2.18. The summed E-state index contributed by atoms with van der Waals surface area (Å²) in [4.78, 5) is 6.61. The molecule has 0 saturated carbocycles. The summed E-state index contributed by atoms with van der Waals surface area (Å²) in [5.41, 5.74) is 9.03. The third-order valence-electron chi connectivity index (χ3n) is 2.99. The van der Waals surface area contributed by atoms with E-state index >= 15 is 0 Å². The molecule has 0 amide bonds. The molecule has 1 aromatic heterocycles. The summed E-state index contributed by atoms with van der Waals surface area (Å²) in [5.74, 6) is 0. The Bertz CT molecular complexity index is 528. The van der Waals surface area contributed by atoms with E-state index in [2.05, 4.69) is 45.0 Å². The number of anilines is 1. The van der Waals surface area contributed by atoms with Gasteiger partial charge in [-0.1, -0.05) is 12.1 Å². The Hall–Kier alpha value is -1.39. The number of benzene rings is 1. The monoisotopic (exact) mass is 319 g/mol. The van der Waals surface area contributed by atoms with E-state index in [1.54, 1.807) is 0 Å². The molecule has 0 atom stereocenters. The first-order valence-corrected chi connectivity index (χ1v) is 7.07. The molecule has 0 radical (unpaired) electrons. The number of nitrogens with zero attached hydrogens (tertiary/aromatic N) is 2. The minimum atomic E-state index is 0.788. The van der Waals surface area contributed by atoms with Crippen LogP contribution < -0.4 is 5.73 Å². The second-order valence-electron chi connectivity index (χ2n) is 4.66. The minimum Gasteiger partial charge on any atom is -0.398 e. The van der Waals surface area contributed by atoms with Crippen LogP contribution in [0.25, 0.3) is 0 Å². The topological polar surface area (TPSA) is 42.2 Å². The number of hydrogen-bond acceptors (Lipinski definition) is 3. The number of rotatable bonds is 5. The molecule has 19 heavy (non-hydrogen) atoms. The lowest BCUT2D eigenvalue weighted by Gasteiger charge is -2.16. The van der Waals surface area contributed by atoms with E-state index in [9.17, 15) is 0 Å². The highest BCUT2D eigenvalue weighted by atomic mass is 79.9. The zero-order chi connectivity index (χ0) is 13.7. The molecule has 0 fully saturated rings. The fourth-order valence-electron chi connectivity index (χ4n) is 1.93. The number of likely N-dealkylation sites (N-methyl/N-ethyl adjacent to an activating group) is 1. The lowest BCUT2D eigenvalue weighted by Crippen LogP contribution is -2.21. The van der Waals surface area contributed by atoms with Gasteiger partial charge in [0.05, 0.1) is 0 Å². The van der Waals surface area contributed by atoms with E-state index in [4.69, 9.17) is 5.73 Å². The summed E-state index contributed by atoms with van der Waals surface area (Å²) >= 11 is 3.41. The van der Waals surface area contributed by atoms with E-state index in [1.807, 2.05) is 30.5 Å². The maximum absolute atomic E-state index is 5.89. The van der Waals surface area contributed by atoms with Crippen molar-refractivity contribution in [1.82, 2.24) is 9.88 Å². The summed E-state index contributed by atoms with van der Waals surface area (Å²) < 4.78 is 0.951. The van der Waals surface area contributed by atoms with Crippen LogP contribution in [0, 0.1) is 0 Å². The van der Waals surface area contributed by atoms with Crippen molar-refractivity contribution in [2.24, 2.45) is 0 Å². The highest BCUT2D eigenvalue weighted by Crippen LogP contribution is 2.20. The molecule has 2 rings (SSSR count). The molecule has 0 saturated heterocycles. The van der Waals surface area contributed by atoms with Gasteiger partial charge in [0, 0.05) is 41.6 Å². The van der Waals surface area contributed by atoms with Crippen LogP contribution in [0.5, 0.6) is 0 Å². The van der Waals surface area contributed by atoms with E-state index in [-0.39, 0.29) is 0 Å². The molecule has 0 aliphatic rings. The van der Waals surface area contributed by atoms with Crippen molar-refractivity contribution >= 4 is 21.6 Å². The highest BCUT2D eigenvalue weighted by Gasteiger charge is 2.03. The van der Waals surface area contributed by atoms with Crippen LogP contribution in [0.15, 0.2) is 47.1 Å². The lowest BCUT2D eigenvalue weighted by atomic mass is 10.2. The number of nitrogens with two attached hydrogens (primary N) is 1. The van der Waals surface area contributed by atoms with Crippen LogP contribution in [-0.2, 0) is 13.0 Å².